The topological polar surface area (TPSA) is 126 Å². The summed E-state index contributed by atoms with van der Waals surface area (Å²) in [6.07, 6.45) is 1.07. The molecular weight excluding hydrogens is 254 g/mol. The zero-order chi connectivity index (χ0) is 14.4. The van der Waals surface area contributed by atoms with Gasteiger partial charge >= 0.3 is 12.0 Å². The normalized spacial score (nSPS) is 10.3. The third-order valence-electron chi connectivity index (χ3n) is 1.90. The molecule has 0 saturated carbocycles. The van der Waals surface area contributed by atoms with Gasteiger partial charge in [-0.05, 0) is 13.8 Å². The van der Waals surface area contributed by atoms with E-state index in [2.05, 4.69) is 20.9 Å². The SMILES string of the molecule is CC(C)NC(=O)NC(=O)Cn1cc(CC(=O)O)nn1. The number of aliphatic carboxylic acids is 1. The van der Waals surface area contributed by atoms with Gasteiger partial charge in [0.05, 0.1) is 12.1 Å². The van der Waals surface area contributed by atoms with Gasteiger partial charge < -0.3 is 10.4 Å². The fourth-order valence-corrected chi connectivity index (χ4v) is 1.26. The van der Waals surface area contributed by atoms with Crippen molar-refractivity contribution in [3.63, 3.8) is 0 Å². The lowest BCUT2D eigenvalue weighted by atomic mass is 10.3. The Labute approximate surface area is 109 Å². The lowest BCUT2D eigenvalue weighted by Gasteiger charge is -2.08. The van der Waals surface area contributed by atoms with Crippen LogP contribution in [0.15, 0.2) is 6.20 Å². The van der Waals surface area contributed by atoms with E-state index in [1.165, 1.54) is 6.20 Å². The molecule has 0 aliphatic heterocycles. The van der Waals surface area contributed by atoms with Crippen LogP contribution < -0.4 is 10.6 Å². The summed E-state index contributed by atoms with van der Waals surface area (Å²) < 4.78 is 1.16. The number of hydrogen-bond donors (Lipinski definition) is 3. The molecule has 1 aromatic heterocycles. The van der Waals surface area contributed by atoms with Crippen molar-refractivity contribution in [2.45, 2.75) is 32.9 Å². The average molecular weight is 269 g/mol. The molecule has 0 unspecified atom stereocenters. The number of urea groups is 1. The molecule has 0 aliphatic rings. The van der Waals surface area contributed by atoms with Gasteiger partial charge in [0.25, 0.3) is 0 Å². The Bertz CT molecular complexity index is 482. The van der Waals surface area contributed by atoms with E-state index in [0.717, 1.165) is 4.68 Å². The molecule has 0 spiro atoms. The molecule has 0 aliphatic carbocycles. The van der Waals surface area contributed by atoms with Crippen molar-refractivity contribution >= 4 is 17.9 Å². The van der Waals surface area contributed by atoms with E-state index in [-0.39, 0.29) is 24.7 Å². The lowest BCUT2D eigenvalue weighted by molar-refractivity contribution is -0.136. The van der Waals surface area contributed by atoms with Crippen LogP contribution in [0.1, 0.15) is 19.5 Å². The zero-order valence-corrected chi connectivity index (χ0v) is 10.6. The maximum absolute atomic E-state index is 11.5. The number of hydrogen-bond acceptors (Lipinski definition) is 5. The molecule has 9 nitrogen and oxygen atoms in total. The molecule has 0 fully saturated rings. The highest BCUT2D eigenvalue weighted by Crippen LogP contribution is 1.94. The van der Waals surface area contributed by atoms with Crippen LogP contribution in [0.3, 0.4) is 0 Å². The molecule has 104 valence electrons. The third kappa shape index (κ3) is 5.61. The van der Waals surface area contributed by atoms with Gasteiger partial charge in [0.15, 0.2) is 0 Å². The predicted octanol–water partition coefficient (Wildman–Crippen LogP) is -0.861. The van der Waals surface area contributed by atoms with E-state index < -0.39 is 17.9 Å². The molecule has 0 aromatic carbocycles. The van der Waals surface area contributed by atoms with Crippen LogP contribution in [0.4, 0.5) is 4.79 Å². The van der Waals surface area contributed by atoms with Gasteiger partial charge in [0, 0.05) is 12.2 Å². The highest BCUT2D eigenvalue weighted by molar-refractivity contribution is 5.94. The Morgan fingerprint density at radius 1 is 1.42 bits per heavy atom. The van der Waals surface area contributed by atoms with E-state index in [1.807, 2.05) is 0 Å². The first-order chi connectivity index (χ1) is 8.86. The van der Waals surface area contributed by atoms with Crippen LogP contribution in [0.5, 0.6) is 0 Å². The molecule has 1 rings (SSSR count). The van der Waals surface area contributed by atoms with Gasteiger partial charge in [-0.2, -0.15) is 0 Å². The van der Waals surface area contributed by atoms with Crippen LogP contribution in [0, 0.1) is 0 Å². The molecule has 9 heteroatoms. The standard InChI is InChI=1S/C10H15N5O4/c1-6(2)11-10(19)12-8(16)5-15-4-7(13-14-15)3-9(17)18/h4,6H,3,5H2,1-2H3,(H,17,18)(H2,11,12,16,19). The van der Waals surface area contributed by atoms with Crippen molar-refractivity contribution in [1.82, 2.24) is 25.6 Å². The van der Waals surface area contributed by atoms with Gasteiger partial charge in [0.2, 0.25) is 5.91 Å². The summed E-state index contributed by atoms with van der Waals surface area (Å²) in [5, 5.41) is 20.3. The largest absolute Gasteiger partial charge is 0.481 e. The molecule has 0 radical (unpaired) electrons. The highest BCUT2D eigenvalue weighted by atomic mass is 16.4. The number of nitrogens with zero attached hydrogens (tertiary/aromatic N) is 3. The number of imide groups is 1. The summed E-state index contributed by atoms with van der Waals surface area (Å²) in [5.74, 6) is -1.60. The Hall–Kier alpha value is -2.45. The summed E-state index contributed by atoms with van der Waals surface area (Å²) in [5.41, 5.74) is 0.243. The highest BCUT2D eigenvalue weighted by Gasteiger charge is 2.11. The minimum atomic E-state index is -1.03. The molecule has 1 aromatic rings. The number of carbonyl (C=O) groups is 3. The van der Waals surface area contributed by atoms with Gasteiger partial charge in [-0.1, -0.05) is 5.21 Å². The maximum Gasteiger partial charge on any atom is 0.321 e. The van der Waals surface area contributed by atoms with Gasteiger partial charge in [-0.15, -0.1) is 5.10 Å². The minimum absolute atomic E-state index is 0.0821. The third-order valence-corrected chi connectivity index (χ3v) is 1.90. The van der Waals surface area contributed by atoms with Crippen molar-refractivity contribution in [3.05, 3.63) is 11.9 Å². The monoisotopic (exact) mass is 269 g/mol. The number of carboxylic acid groups (broad SMARTS) is 1. The zero-order valence-electron chi connectivity index (χ0n) is 10.6. The van der Waals surface area contributed by atoms with Crippen LogP contribution in [0.25, 0.3) is 0 Å². The van der Waals surface area contributed by atoms with E-state index in [9.17, 15) is 14.4 Å². The van der Waals surface area contributed by atoms with Crippen LogP contribution in [-0.4, -0.2) is 44.0 Å². The van der Waals surface area contributed by atoms with Crippen molar-refractivity contribution in [2.24, 2.45) is 0 Å². The van der Waals surface area contributed by atoms with Gasteiger partial charge in [-0.25, -0.2) is 9.48 Å². The maximum atomic E-state index is 11.5. The number of carboxylic acids is 1. The fourth-order valence-electron chi connectivity index (χ4n) is 1.26. The molecule has 0 atom stereocenters. The number of rotatable bonds is 5. The Kier molecular flexibility index (Phi) is 4.98. The fraction of sp³-hybridized carbons (Fsp3) is 0.500. The molecule has 1 heterocycles. The quantitative estimate of drug-likeness (QED) is 0.638. The number of amides is 3. The first-order valence-corrected chi connectivity index (χ1v) is 5.58. The van der Waals surface area contributed by atoms with Crippen molar-refractivity contribution in [3.8, 4) is 0 Å². The van der Waals surface area contributed by atoms with E-state index in [0.29, 0.717) is 0 Å². The van der Waals surface area contributed by atoms with Crippen molar-refractivity contribution in [1.29, 1.82) is 0 Å². The first-order valence-electron chi connectivity index (χ1n) is 5.58. The summed E-state index contributed by atoms with van der Waals surface area (Å²) in [6.45, 7) is 3.32. The molecule has 19 heavy (non-hydrogen) atoms. The molecular formula is C10H15N5O4. The smallest absolute Gasteiger partial charge is 0.321 e. The second-order valence-corrected chi connectivity index (χ2v) is 4.15. The molecule has 3 N–H and O–H groups in total. The summed E-state index contributed by atoms with van der Waals surface area (Å²) in [7, 11) is 0. The van der Waals surface area contributed by atoms with Gasteiger partial charge in [0.1, 0.15) is 6.54 Å². The first kappa shape index (κ1) is 14.6. The summed E-state index contributed by atoms with van der Waals surface area (Å²) in [6, 6.07) is -0.674. The second-order valence-electron chi connectivity index (χ2n) is 4.15. The number of aromatic nitrogens is 3. The second kappa shape index (κ2) is 6.47. The Balaban J connectivity index is 2.46. The lowest BCUT2D eigenvalue weighted by Crippen LogP contribution is -2.43. The van der Waals surface area contributed by atoms with Crippen LogP contribution in [0.2, 0.25) is 0 Å². The van der Waals surface area contributed by atoms with E-state index in [1.54, 1.807) is 13.8 Å². The summed E-state index contributed by atoms with van der Waals surface area (Å²) >= 11 is 0. The van der Waals surface area contributed by atoms with E-state index in [4.69, 9.17) is 5.11 Å². The van der Waals surface area contributed by atoms with Crippen LogP contribution >= 0.6 is 0 Å². The Morgan fingerprint density at radius 3 is 2.68 bits per heavy atom. The van der Waals surface area contributed by atoms with Crippen molar-refractivity contribution in [2.75, 3.05) is 0 Å². The number of carbonyl (C=O) groups excluding carboxylic acids is 2. The molecule has 3 amide bonds. The molecule has 0 saturated heterocycles. The average Bonchev–Trinajstić information content (AvgIpc) is 2.62. The minimum Gasteiger partial charge on any atom is -0.481 e. The predicted molar refractivity (Wildman–Crippen MR) is 63.2 cm³/mol. The molecule has 0 bridgehead atoms. The number of nitrogens with one attached hydrogen (secondary N) is 2. The van der Waals surface area contributed by atoms with E-state index >= 15 is 0 Å². The summed E-state index contributed by atoms with van der Waals surface area (Å²) in [4.78, 5) is 33.1. The van der Waals surface area contributed by atoms with Crippen molar-refractivity contribution < 1.29 is 19.5 Å². The van der Waals surface area contributed by atoms with Gasteiger partial charge in [-0.3, -0.25) is 14.9 Å². The Morgan fingerprint density at radius 2 is 2.11 bits per heavy atom. The van der Waals surface area contributed by atoms with Crippen LogP contribution in [-0.2, 0) is 22.6 Å².